The second-order valence-corrected chi connectivity index (χ2v) is 9.67. The number of fused-ring (bicyclic) bond motifs is 1. The van der Waals surface area contributed by atoms with E-state index in [1.165, 1.54) is 6.20 Å². The van der Waals surface area contributed by atoms with E-state index in [4.69, 9.17) is 0 Å². The Balaban J connectivity index is 0.00000336. The van der Waals surface area contributed by atoms with E-state index >= 15 is 4.39 Å². The van der Waals surface area contributed by atoms with Gasteiger partial charge >= 0.3 is 5.97 Å². The summed E-state index contributed by atoms with van der Waals surface area (Å²) in [4.78, 5) is 32.5. The first-order valence-electron chi connectivity index (χ1n) is 12.2. The molecule has 38 heavy (non-hydrogen) atoms. The summed E-state index contributed by atoms with van der Waals surface area (Å²) in [5, 5.41) is 39.4. The standard InChI is InChI=1S/C26H29FN4O6.ClH/c1-14-24(34)19(12-32)17(21(13-33)28-14)10-29-4-6-30(7-5-29)23-9-22-16(8-20(23)27)25(35)18(26(36)37)11-31(22)15-2-3-15;/h8-9,11,15,32-34H,2-7,10,12-13H2,1H3,(H,36,37);1H. The number of carboxylic acid groups (broad SMARTS) is 1. The molecule has 0 amide bonds. The SMILES string of the molecule is Cc1nc(CO)c(CN2CCN(c3cc4c(cc3F)c(=O)c(C(=O)O)cn4C3CC3)CC2)c(CO)c1O.Cl. The third kappa shape index (κ3) is 4.94. The van der Waals surface area contributed by atoms with Crippen LogP contribution in [-0.4, -0.2) is 67.0 Å². The van der Waals surface area contributed by atoms with Crippen LogP contribution in [0.5, 0.6) is 5.75 Å². The maximum atomic E-state index is 15.2. The average molecular weight is 549 g/mol. The van der Waals surface area contributed by atoms with Crippen molar-refractivity contribution in [2.75, 3.05) is 31.1 Å². The molecule has 2 fully saturated rings. The zero-order valence-corrected chi connectivity index (χ0v) is 21.7. The number of aromatic hydroxyl groups is 1. The maximum Gasteiger partial charge on any atom is 0.341 e. The molecule has 3 aromatic rings. The molecule has 204 valence electrons. The number of rotatable bonds is 7. The van der Waals surface area contributed by atoms with Crippen molar-refractivity contribution in [1.29, 1.82) is 0 Å². The van der Waals surface area contributed by atoms with Crippen molar-refractivity contribution >= 4 is 35.0 Å². The normalized spacial score (nSPS) is 16.1. The Bertz CT molecular complexity index is 1450. The number of hydrogen-bond acceptors (Lipinski definition) is 8. The van der Waals surface area contributed by atoms with Crippen LogP contribution in [0.1, 0.15) is 51.8 Å². The number of benzene rings is 1. The molecular formula is C26H30ClFN4O6. The summed E-state index contributed by atoms with van der Waals surface area (Å²) in [6.45, 7) is 3.34. The molecule has 0 unspecified atom stereocenters. The van der Waals surface area contributed by atoms with E-state index in [1.807, 2.05) is 4.90 Å². The number of piperazine rings is 1. The van der Waals surface area contributed by atoms with E-state index in [9.17, 15) is 30.0 Å². The van der Waals surface area contributed by atoms with Crippen LogP contribution in [-0.2, 0) is 19.8 Å². The summed E-state index contributed by atoms with van der Waals surface area (Å²) in [6.07, 6.45) is 3.11. The molecule has 0 atom stereocenters. The van der Waals surface area contributed by atoms with Crippen LogP contribution in [0.2, 0.25) is 0 Å². The lowest BCUT2D eigenvalue weighted by atomic mass is 10.0. The Kier molecular flexibility index (Phi) is 7.93. The van der Waals surface area contributed by atoms with E-state index in [1.54, 1.807) is 17.6 Å². The van der Waals surface area contributed by atoms with Gasteiger partial charge in [0, 0.05) is 55.9 Å². The van der Waals surface area contributed by atoms with Crippen molar-refractivity contribution in [2.45, 2.75) is 45.6 Å². The summed E-state index contributed by atoms with van der Waals surface area (Å²) in [5.74, 6) is -1.99. The fourth-order valence-corrected chi connectivity index (χ4v) is 5.12. The Hall–Kier alpha value is -3.25. The molecule has 3 heterocycles. The molecule has 0 spiro atoms. The highest BCUT2D eigenvalue weighted by Crippen LogP contribution is 2.38. The number of aliphatic hydroxyl groups excluding tert-OH is 2. The van der Waals surface area contributed by atoms with Gasteiger partial charge in [0.05, 0.1) is 35.8 Å². The number of aromatic carboxylic acids is 1. The summed E-state index contributed by atoms with van der Waals surface area (Å²) >= 11 is 0. The Labute approximate surface area is 224 Å². The van der Waals surface area contributed by atoms with Crippen molar-refractivity contribution in [2.24, 2.45) is 0 Å². The second kappa shape index (κ2) is 10.9. The van der Waals surface area contributed by atoms with Gasteiger partial charge < -0.3 is 29.9 Å². The minimum Gasteiger partial charge on any atom is -0.506 e. The molecule has 0 bridgehead atoms. The summed E-state index contributed by atoms with van der Waals surface area (Å²) in [6, 6.07) is 2.88. The van der Waals surface area contributed by atoms with Gasteiger partial charge in [0.25, 0.3) is 0 Å². The van der Waals surface area contributed by atoms with Crippen molar-refractivity contribution in [3.05, 3.63) is 62.4 Å². The number of halogens is 2. The van der Waals surface area contributed by atoms with Gasteiger partial charge in [-0.15, -0.1) is 12.4 Å². The van der Waals surface area contributed by atoms with Gasteiger partial charge in [0.15, 0.2) is 0 Å². The first-order valence-corrected chi connectivity index (χ1v) is 12.2. The van der Waals surface area contributed by atoms with Crippen LogP contribution < -0.4 is 10.3 Å². The number of carbonyl (C=O) groups is 1. The van der Waals surface area contributed by atoms with Crippen molar-refractivity contribution < 1.29 is 29.6 Å². The highest BCUT2D eigenvalue weighted by Gasteiger charge is 2.29. The Morgan fingerprint density at radius 1 is 1.11 bits per heavy atom. The van der Waals surface area contributed by atoms with Gasteiger partial charge in [-0.05, 0) is 37.5 Å². The number of nitrogens with zero attached hydrogens (tertiary/aromatic N) is 4. The molecule has 2 aromatic heterocycles. The van der Waals surface area contributed by atoms with Crippen molar-refractivity contribution in [3.63, 3.8) is 0 Å². The quantitative estimate of drug-likeness (QED) is 0.350. The third-order valence-electron chi connectivity index (χ3n) is 7.32. The highest BCUT2D eigenvalue weighted by atomic mass is 35.5. The number of hydrogen-bond donors (Lipinski definition) is 4. The van der Waals surface area contributed by atoms with Gasteiger partial charge in [-0.2, -0.15) is 0 Å². The van der Waals surface area contributed by atoms with Crippen molar-refractivity contribution in [1.82, 2.24) is 14.5 Å². The van der Waals surface area contributed by atoms with Gasteiger partial charge in [0.2, 0.25) is 5.43 Å². The summed E-state index contributed by atoms with van der Waals surface area (Å²) < 4.78 is 17.0. The van der Waals surface area contributed by atoms with Crippen LogP contribution in [0.15, 0.2) is 23.1 Å². The van der Waals surface area contributed by atoms with E-state index in [0.29, 0.717) is 66.4 Å². The third-order valence-corrected chi connectivity index (χ3v) is 7.32. The molecule has 12 heteroatoms. The minimum atomic E-state index is -1.33. The number of anilines is 1. The molecule has 1 saturated heterocycles. The first-order chi connectivity index (χ1) is 17.7. The molecule has 1 aliphatic heterocycles. The van der Waals surface area contributed by atoms with E-state index in [2.05, 4.69) is 9.88 Å². The van der Waals surface area contributed by atoms with Gasteiger partial charge in [-0.1, -0.05) is 0 Å². The maximum absolute atomic E-state index is 15.2. The number of pyridine rings is 2. The lowest BCUT2D eigenvalue weighted by Crippen LogP contribution is -2.46. The smallest absolute Gasteiger partial charge is 0.341 e. The second-order valence-electron chi connectivity index (χ2n) is 9.67. The first kappa shape index (κ1) is 27.8. The zero-order chi connectivity index (χ0) is 26.4. The monoisotopic (exact) mass is 548 g/mol. The Morgan fingerprint density at radius 2 is 1.79 bits per heavy atom. The molecule has 1 aromatic carbocycles. The fraction of sp³-hybridized carbons (Fsp3) is 0.423. The Morgan fingerprint density at radius 3 is 2.37 bits per heavy atom. The van der Waals surface area contributed by atoms with Crippen molar-refractivity contribution in [3.8, 4) is 5.75 Å². The lowest BCUT2D eigenvalue weighted by molar-refractivity contribution is 0.0694. The highest BCUT2D eigenvalue weighted by molar-refractivity contribution is 5.93. The molecule has 4 N–H and O–H groups in total. The molecule has 10 nitrogen and oxygen atoms in total. The topological polar surface area (TPSA) is 139 Å². The number of carboxylic acids is 1. The zero-order valence-electron chi connectivity index (χ0n) is 20.9. The molecule has 5 rings (SSSR count). The van der Waals surface area contributed by atoms with Crippen LogP contribution in [0, 0.1) is 12.7 Å². The van der Waals surface area contributed by atoms with Crippen LogP contribution in [0.25, 0.3) is 10.9 Å². The fourth-order valence-electron chi connectivity index (χ4n) is 5.12. The van der Waals surface area contributed by atoms with E-state index < -0.39 is 17.2 Å². The van der Waals surface area contributed by atoms with Gasteiger partial charge in [-0.25, -0.2) is 9.18 Å². The largest absolute Gasteiger partial charge is 0.506 e. The predicted octanol–water partition coefficient (Wildman–Crippen LogP) is 2.31. The summed E-state index contributed by atoms with van der Waals surface area (Å²) in [5.41, 5.74) is 1.50. The van der Waals surface area contributed by atoms with E-state index in [0.717, 1.165) is 18.9 Å². The number of aromatic nitrogens is 2. The molecule has 2 aliphatic rings. The minimum absolute atomic E-state index is 0. The number of aryl methyl sites for hydroxylation is 1. The molecule has 0 radical (unpaired) electrons. The number of aliphatic hydroxyl groups is 2. The molecule has 1 aliphatic carbocycles. The summed E-state index contributed by atoms with van der Waals surface area (Å²) in [7, 11) is 0. The molecular weight excluding hydrogens is 519 g/mol. The van der Waals surface area contributed by atoms with E-state index in [-0.39, 0.29) is 48.4 Å². The van der Waals surface area contributed by atoms with Gasteiger partial charge in [-0.3, -0.25) is 14.7 Å². The van der Waals surface area contributed by atoms with Crippen LogP contribution in [0.3, 0.4) is 0 Å². The van der Waals surface area contributed by atoms with Crippen LogP contribution >= 0.6 is 12.4 Å². The predicted molar refractivity (Wildman–Crippen MR) is 141 cm³/mol. The van der Waals surface area contributed by atoms with Gasteiger partial charge in [0.1, 0.15) is 17.1 Å². The van der Waals surface area contributed by atoms with Crippen LogP contribution in [0.4, 0.5) is 10.1 Å². The molecule has 1 saturated carbocycles. The average Bonchev–Trinajstić information content (AvgIpc) is 3.72. The lowest BCUT2D eigenvalue weighted by Gasteiger charge is -2.37.